The van der Waals surface area contributed by atoms with Gasteiger partial charge in [0.1, 0.15) is 11.5 Å². The van der Waals surface area contributed by atoms with Crippen molar-refractivity contribution in [1.82, 2.24) is 15.4 Å². The molecule has 5 nitrogen and oxygen atoms in total. The molecule has 0 radical (unpaired) electrons. The Morgan fingerprint density at radius 3 is 2.96 bits per heavy atom. The first kappa shape index (κ1) is 15.7. The summed E-state index contributed by atoms with van der Waals surface area (Å²) in [5, 5.41) is 7.36. The zero-order chi connectivity index (χ0) is 16.1. The Bertz CT molecular complexity index is 633. The van der Waals surface area contributed by atoms with Crippen molar-refractivity contribution in [3.8, 4) is 11.3 Å². The van der Waals surface area contributed by atoms with Crippen molar-refractivity contribution >= 4 is 5.91 Å². The van der Waals surface area contributed by atoms with Gasteiger partial charge in [-0.15, -0.1) is 0 Å². The van der Waals surface area contributed by atoms with Crippen molar-refractivity contribution in [1.29, 1.82) is 0 Å². The molecule has 1 atom stereocenters. The third-order valence-electron chi connectivity index (χ3n) is 4.33. The number of hydrogen-bond donors (Lipinski definition) is 1. The predicted octanol–water partition coefficient (Wildman–Crippen LogP) is 2.34. The maximum absolute atomic E-state index is 12.2. The van der Waals surface area contributed by atoms with E-state index in [1.165, 1.54) is 0 Å². The fourth-order valence-corrected chi connectivity index (χ4v) is 2.95. The largest absolute Gasteiger partial charge is 0.361 e. The highest BCUT2D eigenvalue weighted by Gasteiger charge is 2.24. The van der Waals surface area contributed by atoms with Crippen LogP contribution in [-0.2, 0) is 11.2 Å². The van der Waals surface area contributed by atoms with E-state index in [1.54, 1.807) is 0 Å². The molecular formula is C18H23N3O2. The summed E-state index contributed by atoms with van der Waals surface area (Å²) >= 11 is 0. The molecule has 1 aromatic carbocycles. The number of amides is 1. The Labute approximate surface area is 136 Å². The Kier molecular flexibility index (Phi) is 5.08. The highest BCUT2D eigenvalue weighted by Crippen LogP contribution is 2.19. The molecule has 1 aromatic heterocycles. The third-order valence-corrected chi connectivity index (χ3v) is 4.33. The summed E-state index contributed by atoms with van der Waals surface area (Å²) in [6.07, 6.45) is 2.62. The molecule has 1 aliphatic rings. The van der Waals surface area contributed by atoms with Crippen LogP contribution in [0.25, 0.3) is 11.3 Å². The third kappa shape index (κ3) is 3.99. The molecule has 0 bridgehead atoms. The summed E-state index contributed by atoms with van der Waals surface area (Å²) in [4.78, 5) is 14.1. The van der Waals surface area contributed by atoms with Gasteiger partial charge in [-0.3, -0.25) is 4.79 Å². The van der Waals surface area contributed by atoms with E-state index in [4.69, 9.17) is 4.52 Å². The van der Waals surface area contributed by atoms with Crippen molar-refractivity contribution in [3.63, 3.8) is 0 Å². The highest BCUT2D eigenvalue weighted by atomic mass is 16.5. The number of rotatable bonds is 6. The van der Waals surface area contributed by atoms with Gasteiger partial charge in [0.2, 0.25) is 5.91 Å². The van der Waals surface area contributed by atoms with E-state index in [0.29, 0.717) is 0 Å². The number of aromatic nitrogens is 1. The minimum atomic E-state index is 0.148. The minimum Gasteiger partial charge on any atom is -0.361 e. The maximum Gasteiger partial charge on any atom is 0.226 e. The second-order valence-electron chi connectivity index (χ2n) is 6.10. The SMILES string of the molecule is CN(CCCc1cc(-c2ccccc2)no1)C(=O)C1CCNC1. The summed E-state index contributed by atoms with van der Waals surface area (Å²) < 4.78 is 5.40. The van der Waals surface area contributed by atoms with Crippen LogP contribution in [0, 0.1) is 5.92 Å². The average molecular weight is 313 g/mol. The molecule has 1 fully saturated rings. The number of hydrogen-bond acceptors (Lipinski definition) is 4. The zero-order valence-electron chi connectivity index (χ0n) is 13.5. The molecule has 1 aliphatic heterocycles. The second kappa shape index (κ2) is 7.42. The monoisotopic (exact) mass is 313 g/mol. The lowest BCUT2D eigenvalue weighted by molar-refractivity contribution is -0.133. The van der Waals surface area contributed by atoms with E-state index >= 15 is 0 Å². The van der Waals surface area contributed by atoms with Gasteiger partial charge in [0.15, 0.2) is 0 Å². The summed E-state index contributed by atoms with van der Waals surface area (Å²) in [6.45, 7) is 2.51. The fraction of sp³-hybridized carbons (Fsp3) is 0.444. The van der Waals surface area contributed by atoms with Crippen LogP contribution in [0.5, 0.6) is 0 Å². The molecule has 2 aromatic rings. The summed E-state index contributed by atoms with van der Waals surface area (Å²) in [5.41, 5.74) is 1.92. The van der Waals surface area contributed by atoms with Gasteiger partial charge >= 0.3 is 0 Å². The predicted molar refractivity (Wildman–Crippen MR) is 88.9 cm³/mol. The van der Waals surface area contributed by atoms with Crippen LogP contribution in [-0.4, -0.2) is 42.6 Å². The van der Waals surface area contributed by atoms with Crippen LogP contribution < -0.4 is 5.32 Å². The van der Waals surface area contributed by atoms with E-state index in [0.717, 1.165) is 55.9 Å². The van der Waals surface area contributed by atoms with E-state index in [-0.39, 0.29) is 11.8 Å². The van der Waals surface area contributed by atoms with E-state index in [2.05, 4.69) is 10.5 Å². The van der Waals surface area contributed by atoms with Crippen LogP contribution in [0.15, 0.2) is 40.9 Å². The lowest BCUT2D eigenvalue weighted by atomic mass is 10.1. The van der Waals surface area contributed by atoms with Crippen LogP contribution in [0.2, 0.25) is 0 Å². The first-order valence-corrected chi connectivity index (χ1v) is 8.21. The Balaban J connectivity index is 1.47. The number of aryl methyl sites for hydroxylation is 1. The van der Waals surface area contributed by atoms with Crippen LogP contribution in [0.1, 0.15) is 18.6 Å². The van der Waals surface area contributed by atoms with Crippen LogP contribution in [0.4, 0.5) is 0 Å². The van der Waals surface area contributed by atoms with Gasteiger partial charge in [-0.05, 0) is 19.4 Å². The Morgan fingerprint density at radius 2 is 2.22 bits per heavy atom. The van der Waals surface area contributed by atoms with Crippen molar-refractivity contribution in [3.05, 3.63) is 42.2 Å². The molecule has 0 spiro atoms. The van der Waals surface area contributed by atoms with E-state index < -0.39 is 0 Å². The van der Waals surface area contributed by atoms with Gasteiger partial charge in [-0.1, -0.05) is 35.5 Å². The molecule has 0 saturated carbocycles. The fourth-order valence-electron chi connectivity index (χ4n) is 2.95. The maximum atomic E-state index is 12.2. The van der Waals surface area contributed by atoms with Crippen molar-refractivity contribution in [2.45, 2.75) is 19.3 Å². The molecule has 5 heteroatoms. The minimum absolute atomic E-state index is 0.148. The Hall–Kier alpha value is -2.14. The summed E-state index contributed by atoms with van der Waals surface area (Å²) in [5.74, 6) is 1.26. The van der Waals surface area contributed by atoms with Crippen molar-refractivity contribution in [2.75, 3.05) is 26.7 Å². The molecule has 1 amide bonds. The lowest BCUT2D eigenvalue weighted by Gasteiger charge is -2.20. The number of nitrogens with zero attached hydrogens (tertiary/aromatic N) is 2. The number of benzene rings is 1. The van der Waals surface area contributed by atoms with Crippen LogP contribution >= 0.6 is 0 Å². The van der Waals surface area contributed by atoms with Gasteiger partial charge in [0, 0.05) is 38.2 Å². The average Bonchev–Trinajstić information content (AvgIpc) is 3.27. The smallest absolute Gasteiger partial charge is 0.226 e. The number of nitrogens with one attached hydrogen (secondary N) is 1. The lowest BCUT2D eigenvalue weighted by Crippen LogP contribution is -2.34. The molecular weight excluding hydrogens is 290 g/mol. The first-order chi connectivity index (χ1) is 11.2. The van der Waals surface area contributed by atoms with Crippen molar-refractivity contribution < 1.29 is 9.32 Å². The standard InChI is InChI=1S/C18H23N3O2/c1-21(18(22)15-9-10-19-13-15)11-5-8-16-12-17(20-23-16)14-6-3-2-4-7-14/h2-4,6-7,12,15,19H,5,8-11,13H2,1H3. The molecule has 122 valence electrons. The van der Waals surface area contributed by atoms with Gasteiger partial charge in [-0.25, -0.2) is 0 Å². The van der Waals surface area contributed by atoms with Gasteiger partial charge < -0.3 is 14.7 Å². The number of carbonyl (C=O) groups is 1. The highest BCUT2D eigenvalue weighted by molar-refractivity contribution is 5.79. The van der Waals surface area contributed by atoms with Gasteiger partial charge in [-0.2, -0.15) is 0 Å². The first-order valence-electron chi connectivity index (χ1n) is 8.21. The molecule has 2 heterocycles. The van der Waals surface area contributed by atoms with E-state index in [9.17, 15) is 4.79 Å². The van der Waals surface area contributed by atoms with Crippen molar-refractivity contribution in [2.24, 2.45) is 5.92 Å². The Morgan fingerprint density at radius 1 is 1.39 bits per heavy atom. The topological polar surface area (TPSA) is 58.4 Å². The van der Waals surface area contributed by atoms with Gasteiger partial charge in [0.25, 0.3) is 0 Å². The second-order valence-corrected chi connectivity index (χ2v) is 6.10. The molecule has 3 rings (SSSR count). The molecule has 1 saturated heterocycles. The normalized spacial score (nSPS) is 17.3. The summed E-state index contributed by atoms with van der Waals surface area (Å²) in [6, 6.07) is 12.0. The molecule has 1 unspecified atom stereocenters. The molecule has 1 N–H and O–H groups in total. The quantitative estimate of drug-likeness (QED) is 0.889. The molecule has 0 aliphatic carbocycles. The van der Waals surface area contributed by atoms with Crippen LogP contribution in [0.3, 0.4) is 0 Å². The molecule has 23 heavy (non-hydrogen) atoms. The number of carbonyl (C=O) groups excluding carboxylic acids is 1. The zero-order valence-corrected chi connectivity index (χ0v) is 13.5. The summed E-state index contributed by atoms with van der Waals surface area (Å²) in [7, 11) is 1.89. The van der Waals surface area contributed by atoms with E-state index in [1.807, 2.05) is 48.3 Å². The van der Waals surface area contributed by atoms with Gasteiger partial charge in [0.05, 0.1) is 5.92 Å².